The number of benzene rings is 2. The Morgan fingerprint density at radius 1 is 1.19 bits per heavy atom. The van der Waals surface area contributed by atoms with Gasteiger partial charge in [-0.3, -0.25) is 9.59 Å². The second kappa shape index (κ2) is 7.74. The summed E-state index contributed by atoms with van der Waals surface area (Å²) in [6.07, 6.45) is 1.67. The van der Waals surface area contributed by atoms with Gasteiger partial charge in [0, 0.05) is 18.1 Å². The molecule has 2 N–H and O–H groups in total. The topological polar surface area (TPSA) is 102 Å². The number of carbonyl (C=O) groups is 3. The van der Waals surface area contributed by atoms with Gasteiger partial charge in [0.25, 0.3) is 0 Å². The zero-order valence-corrected chi connectivity index (χ0v) is 14.5. The van der Waals surface area contributed by atoms with Crippen LogP contribution in [-0.4, -0.2) is 36.0 Å². The lowest BCUT2D eigenvalue weighted by Crippen LogP contribution is -2.20. The first kappa shape index (κ1) is 18.2. The van der Waals surface area contributed by atoms with Crippen LogP contribution in [0.4, 0.5) is 5.69 Å². The second-order valence-electron chi connectivity index (χ2n) is 5.91. The van der Waals surface area contributed by atoms with E-state index in [1.165, 1.54) is 25.1 Å². The molecule has 27 heavy (non-hydrogen) atoms. The zero-order chi connectivity index (χ0) is 19.4. The molecule has 0 aliphatic carbocycles. The number of anilines is 1. The number of ketones is 1. The molecule has 1 heterocycles. The molecule has 3 rings (SSSR count). The van der Waals surface area contributed by atoms with Crippen molar-refractivity contribution in [3.63, 3.8) is 0 Å². The summed E-state index contributed by atoms with van der Waals surface area (Å²) < 4.78 is 10.6. The van der Waals surface area contributed by atoms with Crippen LogP contribution in [0, 0.1) is 0 Å². The summed E-state index contributed by atoms with van der Waals surface area (Å²) in [4.78, 5) is 35.6. The minimum atomic E-state index is -0.640. The Bertz CT molecular complexity index is 947. The molecule has 138 valence electrons. The van der Waals surface area contributed by atoms with Crippen LogP contribution in [0.3, 0.4) is 0 Å². The van der Waals surface area contributed by atoms with Crippen LogP contribution >= 0.6 is 0 Å². The van der Waals surface area contributed by atoms with E-state index in [1.54, 1.807) is 12.1 Å². The molecule has 0 saturated carbocycles. The first-order valence-corrected chi connectivity index (χ1v) is 8.17. The number of phenols is 1. The van der Waals surface area contributed by atoms with Crippen molar-refractivity contribution in [1.82, 2.24) is 0 Å². The molecule has 1 aliphatic heterocycles. The van der Waals surface area contributed by atoms with Crippen molar-refractivity contribution in [3.8, 4) is 11.5 Å². The van der Waals surface area contributed by atoms with E-state index in [4.69, 9.17) is 9.47 Å². The number of aromatic hydroxyl groups is 1. The van der Waals surface area contributed by atoms with E-state index in [0.717, 1.165) is 5.56 Å². The normalized spacial score (nSPS) is 12.3. The van der Waals surface area contributed by atoms with Crippen molar-refractivity contribution in [1.29, 1.82) is 0 Å². The van der Waals surface area contributed by atoms with Gasteiger partial charge < -0.3 is 19.9 Å². The Labute approximate surface area is 155 Å². The van der Waals surface area contributed by atoms with Crippen LogP contribution in [0.15, 0.2) is 48.0 Å². The number of esters is 1. The highest BCUT2D eigenvalue weighted by Crippen LogP contribution is 2.26. The van der Waals surface area contributed by atoms with E-state index < -0.39 is 18.4 Å². The van der Waals surface area contributed by atoms with Crippen LogP contribution in [0.2, 0.25) is 0 Å². The third kappa shape index (κ3) is 4.33. The van der Waals surface area contributed by atoms with Gasteiger partial charge in [-0.1, -0.05) is 18.2 Å². The van der Waals surface area contributed by atoms with Gasteiger partial charge in [-0.2, -0.15) is 0 Å². The summed E-state index contributed by atoms with van der Waals surface area (Å²) in [5.41, 5.74) is 1.38. The maximum Gasteiger partial charge on any atom is 0.337 e. The Hall–Kier alpha value is -3.61. The predicted molar refractivity (Wildman–Crippen MR) is 97.6 cm³/mol. The second-order valence-corrected chi connectivity index (χ2v) is 5.91. The molecule has 0 unspecified atom stereocenters. The Kier molecular flexibility index (Phi) is 5.21. The summed E-state index contributed by atoms with van der Waals surface area (Å²) in [5, 5.41) is 12.1. The van der Waals surface area contributed by atoms with E-state index in [9.17, 15) is 19.5 Å². The molecule has 0 spiro atoms. The van der Waals surface area contributed by atoms with Gasteiger partial charge in [0.2, 0.25) is 5.91 Å². The van der Waals surface area contributed by atoms with Gasteiger partial charge in [0.05, 0.1) is 11.3 Å². The molecular formula is C20H17NO6. The molecule has 0 fully saturated rings. The number of rotatable bonds is 5. The van der Waals surface area contributed by atoms with Gasteiger partial charge in [0.15, 0.2) is 12.4 Å². The SMILES string of the molecule is CC(=O)Nc1cc(C(=O)COC(=O)C2=Cc3ccccc3OC2)ccc1O. The largest absolute Gasteiger partial charge is 0.506 e. The molecule has 0 atom stereocenters. The van der Waals surface area contributed by atoms with Gasteiger partial charge in [0.1, 0.15) is 18.1 Å². The third-order valence-electron chi connectivity index (χ3n) is 3.86. The molecule has 7 heteroatoms. The van der Waals surface area contributed by atoms with E-state index in [2.05, 4.69) is 5.32 Å². The molecule has 0 saturated heterocycles. The smallest absolute Gasteiger partial charge is 0.337 e. The zero-order valence-electron chi connectivity index (χ0n) is 14.5. The standard InChI is InChI=1S/C20H17NO6/c1-12(22)21-16-9-13(6-7-17(16)23)18(24)11-27-20(25)15-8-14-4-2-3-5-19(14)26-10-15/h2-9,23H,10-11H2,1H3,(H,21,22). The Morgan fingerprint density at radius 3 is 2.74 bits per heavy atom. The lowest BCUT2D eigenvalue weighted by molar-refractivity contribution is -0.138. The first-order valence-electron chi connectivity index (χ1n) is 8.17. The number of nitrogens with one attached hydrogen (secondary N) is 1. The highest BCUT2D eigenvalue weighted by Gasteiger charge is 2.20. The minimum Gasteiger partial charge on any atom is -0.506 e. The molecular weight excluding hydrogens is 350 g/mol. The Balaban J connectivity index is 1.65. The van der Waals surface area contributed by atoms with Crippen LogP contribution in [0.5, 0.6) is 11.5 Å². The number of fused-ring (bicyclic) bond motifs is 1. The molecule has 2 aromatic rings. The van der Waals surface area contributed by atoms with Crippen LogP contribution in [0.1, 0.15) is 22.8 Å². The van der Waals surface area contributed by atoms with Gasteiger partial charge in [-0.15, -0.1) is 0 Å². The van der Waals surface area contributed by atoms with Crippen LogP contribution in [0.25, 0.3) is 6.08 Å². The van der Waals surface area contributed by atoms with Gasteiger partial charge in [-0.25, -0.2) is 4.79 Å². The number of para-hydroxylation sites is 1. The quantitative estimate of drug-likeness (QED) is 0.478. The highest BCUT2D eigenvalue weighted by atomic mass is 16.5. The van der Waals surface area contributed by atoms with Crippen molar-refractivity contribution in [2.75, 3.05) is 18.5 Å². The van der Waals surface area contributed by atoms with Crippen molar-refractivity contribution in [2.24, 2.45) is 0 Å². The summed E-state index contributed by atoms with van der Waals surface area (Å²) in [6.45, 7) is 0.881. The van der Waals surface area contributed by atoms with Crippen LogP contribution < -0.4 is 10.1 Å². The van der Waals surface area contributed by atoms with E-state index >= 15 is 0 Å². The van der Waals surface area contributed by atoms with E-state index in [0.29, 0.717) is 11.3 Å². The van der Waals surface area contributed by atoms with E-state index in [-0.39, 0.29) is 29.5 Å². The number of Topliss-reactive ketones (excluding diaryl/α,β-unsaturated/α-hetero) is 1. The maximum atomic E-state index is 12.3. The van der Waals surface area contributed by atoms with Crippen molar-refractivity contribution in [2.45, 2.75) is 6.92 Å². The number of hydrogen-bond donors (Lipinski definition) is 2. The monoisotopic (exact) mass is 367 g/mol. The lowest BCUT2D eigenvalue weighted by atomic mass is 10.1. The first-order chi connectivity index (χ1) is 12.9. The van der Waals surface area contributed by atoms with Crippen molar-refractivity contribution < 1.29 is 29.0 Å². The lowest BCUT2D eigenvalue weighted by Gasteiger charge is -2.16. The molecule has 0 bridgehead atoms. The van der Waals surface area contributed by atoms with Gasteiger partial charge >= 0.3 is 5.97 Å². The van der Waals surface area contributed by atoms with E-state index in [1.807, 2.05) is 18.2 Å². The average Bonchev–Trinajstić information content (AvgIpc) is 2.66. The number of amides is 1. The number of phenolic OH excluding ortho intramolecular Hbond substituents is 1. The molecule has 0 radical (unpaired) electrons. The number of hydrogen-bond acceptors (Lipinski definition) is 6. The predicted octanol–water partition coefficient (Wildman–Crippen LogP) is 2.55. The molecule has 7 nitrogen and oxygen atoms in total. The fourth-order valence-corrected chi connectivity index (χ4v) is 2.54. The van der Waals surface area contributed by atoms with Crippen LogP contribution in [-0.2, 0) is 14.3 Å². The highest BCUT2D eigenvalue weighted by molar-refractivity contribution is 6.02. The summed E-state index contributed by atoms with van der Waals surface area (Å²) >= 11 is 0. The van der Waals surface area contributed by atoms with Crippen molar-refractivity contribution in [3.05, 3.63) is 59.2 Å². The summed E-state index contributed by atoms with van der Waals surface area (Å²) in [6, 6.07) is 11.3. The number of carbonyl (C=O) groups excluding carboxylic acids is 3. The average molecular weight is 367 g/mol. The number of ether oxygens (including phenoxy) is 2. The molecule has 1 aliphatic rings. The summed E-state index contributed by atoms with van der Waals surface area (Å²) in [5.74, 6) is -0.973. The summed E-state index contributed by atoms with van der Waals surface area (Å²) in [7, 11) is 0. The minimum absolute atomic E-state index is 0.0654. The maximum absolute atomic E-state index is 12.3. The van der Waals surface area contributed by atoms with Crippen molar-refractivity contribution >= 4 is 29.4 Å². The fraction of sp³-hybridized carbons (Fsp3) is 0.150. The Morgan fingerprint density at radius 2 is 1.96 bits per heavy atom. The molecule has 0 aromatic heterocycles. The molecule has 2 aromatic carbocycles. The third-order valence-corrected chi connectivity index (χ3v) is 3.86. The molecule has 1 amide bonds. The van der Waals surface area contributed by atoms with Gasteiger partial charge in [-0.05, 0) is 30.3 Å². The fourth-order valence-electron chi connectivity index (χ4n) is 2.54.